The molecule has 0 spiro atoms. The van der Waals surface area contributed by atoms with Gasteiger partial charge in [0.2, 0.25) is 0 Å². The van der Waals surface area contributed by atoms with Gasteiger partial charge in [0.1, 0.15) is 5.69 Å². The summed E-state index contributed by atoms with van der Waals surface area (Å²) in [4.78, 5) is 26.8. The van der Waals surface area contributed by atoms with E-state index in [1.165, 1.54) is 12.4 Å². The summed E-state index contributed by atoms with van der Waals surface area (Å²) in [6.45, 7) is 2.83. The Labute approximate surface area is 160 Å². The molecule has 1 aromatic heterocycles. The largest absolute Gasteiger partial charge is 0.337 e. The second-order valence-electron chi connectivity index (χ2n) is 8.13. The molecule has 0 bridgehead atoms. The molecular formula is C18H27N5O3S. The number of nitrogens with zero attached hydrogens (tertiary/aromatic N) is 5. The summed E-state index contributed by atoms with van der Waals surface area (Å²) in [7, 11) is 0.935. The lowest BCUT2D eigenvalue weighted by molar-refractivity contribution is 0.0630. The number of fused-ring (bicyclic) bond motifs is 1. The van der Waals surface area contributed by atoms with Crippen molar-refractivity contribution >= 4 is 15.7 Å². The van der Waals surface area contributed by atoms with Gasteiger partial charge in [-0.2, -0.15) is 0 Å². The molecular weight excluding hydrogens is 366 g/mol. The van der Waals surface area contributed by atoms with Gasteiger partial charge in [-0.3, -0.25) is 14.7 Å². The van der Waals surface area contributed by atoms with Crippen LogP contribution < -0.4 is 0 Å². The molecule has 0 aliphatic carbocycles. The van der Waals surface area contributed by atoms with Gasteiger partial charge in [0.05, 0.1) is 17.2 Å². The molecule has 8 nitrogen and oxygen atoms in total. The predicted molar refractivity (Wildman–Crippen MR) is 101 cm³/mol. The van der Waals surface area contributed by atoms with Crippen molar-refractivity contribution in [2.24, 2.45) is 5.92 Å². The summed E-state index contributed by atoms with van der Waals surface area (Å²) in [6, 6.07) is 0.461. The summed E-state index contributed by atoms with van der Waals surface area (Å²) in [6.07, 6.45) is 6.34. The first-order valence-electron chi connectivity index (χ1n) is 9.54. The second-order valence-corrected chi connectivity index (χ2v) is 10.4. The average Bonchev–Trinajstić information content (AvgIpc) is 3.21. The minimum absolute atomic E-state index is 0.0740. The molecule has 4 heterocycles. The van der Waals surface area contributed by atoms with Crippen LogP contribution in [0.3, 0.4) is 0 Å². The van der Waals surface area contributed by atoms with Gasteiger partial charge in [-0.05, 0) is 26.9 Å². The molecule has 4 rings (SSSR count). The van der Waals surface area contributed by atoms with Gasteiger partial charge >= 0.3 is 0 Å². The molecule has 27 heavy (non-hydrogen) atoms. The van der Waals surface area contributed by atoms with E-state index in [-0.39, 0.29) is 28.9 Å². The number of hydrogen-bond acceptors (Lipinski definition) is 7. The fourth-order valence-electron chi connectivity index (χ4n) is 4.90. The molecule has 0 N–H and O–H groups in total. The monoisotopic (exact) mass is 393 g/mol. The molecule has 0 saturated carbocycles. The van der Waals surface area contributed by atoms with Gasteiger partial charge in [0.15, 0.2) is 9.84 Å². The Morgan fingerprint density at radius 3 is 2.56 bits per heavy atom. The quantitative estimate of drug-likeness (QED) is 0.699. The van der Waals surface area contributed by atoms with Crippen LogP contribution in [0.1, 0.15) is 23.3 Å². The molecule has 3 aliphatic heterocycles. The molecule has 3 aliphatic rings. The molecule has 0 radical (unpaired) electrons. The van der Waals surface area contributed by atoms with Gasteiger partial charge < -0.3 is 9.80 Å². The van der Waals surface area contributed by atoms with E-state index in [0.717, 1.165) is 19.4 Å². The maximum Gasteiger partial charge on any atom is 0.274 e. The second kappa shape index (κ2) is 7.10. The van der Waals surface area contributed by atoms with Gasteiger partial charge in [-0.15, -0.1) is 0 Å². The molecule has 3 saturated heterocycles. The van der Waals surface area contributed by atoms with Crippen LogP contribution in [0.5, 0.6) is 0 Å². The lowest BCUT2D eigenvalue weighted by Crippen LogP contribution is -2.47. The van der Waals surface area contributed by atoms with Crippen molar-refractivity contribution in [2.75, 3.05) is 46.0 Å². The smallest absolute Gasteiger partial charge is 0.274 e. The first kappa shape index (κ1) is 18.8. The molecule has 3 atom stereocenters. The Hall–Kier alpha value is -1.58. The Kier molecular flexibility index (Phi) is 4.94. The summed E-state index contributed by atoms with van der Waals surface area (Å²) >= 11 is 0. The van der Waals surface area contributed by atoms with Crippen molar-refractivity contribution in [1.29, 1.82) is 0 Å². The number of aromatic nitrogens is 2. The zero-order chi connectivity index (χ0) is 19.2. The third-order valence-electron chi connectivity index (χ3n) is 6.41. The van der Waals surface area contributed by atoms with E-state index in [1.54, 1.807) is 6.20 Å². The number of likely N-dealkylation sites (tertiary alicyclic amines) is 2. The number of carbonyl (C=O) groups excluding carboxylic acids is 1. The highest BCUT2D eigenvalue weighted by Gasteiger charge is 2.53. The van der Waals surface area contributed by atoms with E-state index in [0.29, 0.717) is 31.4 Å². The number of sulfone groups is 1. The normalized spacial score (nSPS) is 31.4. The Morgan fingerprint density at radius 1 is 1.19 bits per heavy atom. The average molecular weight is 394 g/mol. The number of hydrogen-bond donors (Lipinski definition) is 0. The number of rotatable bonds is 3. The Bertz CT molecular complexity index is 792. The van der Waals surface area contributed by atoms with E-state index in [1.807, 2.05) is 19.0 Å². The molecule has 0 unspecified atom stereocenters. The first-order chi connectivity index (χ1) is 12.9. The van der Waals surface area contributed by atoms with Crippen LogP contribution in [-0.2, 0) is 9.84 Å². The van der Waals surface area contributed by atoms with Crippen LogP contribution in [0.15, 0.2) is 18.6 Å². The van der Waals surface area contributed by atoms with Crippen LogP contribution in [0.4, 0.5) is 0 Å². The minimum atomic E-state index is -3.01. The standard InChI is InChI=1S/C18H27N5O3S/c1-21(2)16-12-27(25,26)17-11-23(10-14(16)17)13-3-7-22(8-4-13)18(24)15-9-19-5-6-20-15/h5-6,9,13-14,16-17H,3-4,7-8,10-12H2,1-2H3/t14-,16-,17-/m0/s1. The third kappa shape index (κ3) is 3.48. The lowest BCUT2D eigenvalue weighted by atomic mass is 9.99. The minimum Gasteiger partial charge on any atom is -0.337 e. The zero-order valence-corrected chi connectivity index (χ0v) is 16.7. The Morgan fingerprint density at radius 2 is 1.93 bits per heavy atom. The van der Waals surface area contributed by atoms with Crippen molar-refractivity contribution in [2.45, 2.75) is 30.2 Å². The fraction of sp³-hybridized carbons (Fsp3) is 0.722. The van der Waals surface area contributed by atoms with Crippen molar-refractivity contribution in [3.8, 4) is 0 Å². The van der Waals surface area contributed by atoms with E-state index in [2.05, 4.69) is 19.8 Å². The maximum atomic E-state index is 12.6. The maximum absolute atomic E-state index is 12.6. The third-order valence-corrected chi connectivity index (χ3v) is 8.64. The van der Waals surface area contributed by atoms with E-state index in [4.69, 9.17) is 0 Å². The van der Waals surface area contributed by atoms with Crippen molar-refractivity contribution in [3.05, 3.63) is 24.3 Å². The van der Waals surface area contributed by atoms with Gasteiger partial charge in [0.25, 0.3) is 5.91 Å². The van der Waals surface area contributed by atoms with Gasteiger partial charge in [-0.1, -0.05) is 0 Å². The Balaban J connectivity index is 1.38. The van der Waals surface area contributed by atoms with E-state index < -0.39 is 9.84 Å². The van der Waals surface area contributed by atoms with Crippen LogP contribution in [0.25, 0.3) is 0 Å². The van der Waals surface area contributed by atoms with E-state index in [9.17, 15) is 13.2 Å². The van der Waals surface area contributed by atoms with Gasteiger partial charge in [-0.25, -0.2) is 13.4 Å². The predicted octanol–water partition coefficient (Wildman–Crippen LogP) is -0.260. The van der Waals surface area contributed by atoms with E-state index >= 15 is 0 Å². The topological polar surface area (TPSA) is 86.7 Å². The highest BCUT2D eigenvalue weighted by atomic mass is 32.2. The molecule has 9 heteroatoms. The molecule has 3 fully saturated rings. The van der Waals surface area contributed by atoms with Crippen LogP contribution in [-0.4, -0.2) is 102 Å². The van der Waals surface area contributed by atoms with Gasteiger partial charge in [0, 0.05) is 56.6 Å². The lowest BCUT2D eigenvalue weighted by Gasteiger charge is -2.37. The van der Waals surface area contributed by atoms with Crippen LogP contribution >= 0.6 is 0 Å². The summed E-state index contributed by atoms with van der Waals surface area (Å²) in [5.74, 6) is 0.410. The number of amides is 1. The summed E-state index contributed by atoms with van der Waals surface area (Å²) in [5, 5.41) is -0.232. The summed E-state index contributed by atoms with van der Waals surface area (Å²) in [5.41, 5.74) is 0.381. The van der Waals surface area contributed by atoms with Crippen molar-refractivity contribution < 1.29 is 13.2 Å². The summed E-state index contributed by atoms with van der Waals surface area (Å²) < 4.78 is 25.1. The molecule has 1 aromatic rings. The van der Waals surface area contributed by atoms with Crippen molar-refractivity contribution in [3.63, 3.8) is 0 Å². The SMILES string of the molecule is CN(C)[C@H]1CS(=O)(=O)[C@H]2CN(C3CCN(C(=O)c4cnccn4)CC3)C[C@@H]12. The first-order valence-corrected chi connectivity index (χ1v) is 11.3. The van der Waals surface area contributed by atoms with Crippen molar-refractivity contribution in [1.82, 2.24) is 24.7 Å². The highest BCUT2D eigenvalue weighted by molar-refractivity contribution is 7.92. The zero-order valence-electron chi connectivity index (χ0n) is 15.9. The molecule has 0 aromatic carbocycles. The van der Waals surface area contributed by atoms with Crippen LogP contribution in [0, 0.1) is 5.92 Å². The number of piperidine rings is 1. The fourth-order valence-corrected chi connectivity index (χ4v) is 7.39. The number of carbonyl (C=O) groups is 1. The molecule has 148 valence electrons. The van der Waals surface area contributed by atoms with Crippen LogP contribution in [0.2, 0.25) is 0 Å². The molecule has 1 amide bonds. The highest BCUT2D eigenvalue weighted by Crippen LogP contribution is 2.37.